The molecule has 1 saturated carbocycles. The van der Waals surface area contributed by atoms with Gasteiger partial charge < -0.3 is 9.72 Å². The van der Waals surface area contributed by atoms with Crippen molar-refractivity contribution in [2.24, 2.45) is 0 Å². The number of nitrogens with zero attached hydrogens (tertiary/aromatic N) is 2. The van der Waals surface area contributed by atoms with Gasteiger partial charge in [-0.15, -0.1) is 0 Å². The van der Waals surface area contributed by atoms with Crippen LogP contribution in [0.15, 0.2) is 24.5 Å². The van der Waals surface area contributed by atoms with Crippen molar-refractivity contribution in [3.8, 4) is 0 Å². The Morgan fingerprint density at radius 3 is 2.88 bits per heavy atom. The summed E-state index contributed by atoms with van der Waals surface area (Å²) in [5.41, 5.74) is 2.37. The Morgan fingerprint density at radius 1 is 1.38 bits per heavy atom. The van der Waals surface area contributed by atoms with E-state index in [1.54, 1.807) is 0 Å². The summed E-state index contributed by atoms with van der Waals surface area (Å²) in [4.78, 5) is 4.47. The Labute approximate surface area is 95.5 Å². The maximum atomic E-state index is 4.47. The summed E-state index contributed by atoms with van der Waals surface area (Å²) in [5, 5.41) is 3.52. The van der Waals surface area contributed by atoms with Crippen LogP contribution >= 0.6 is 0 Å². The highest BCUT2D eigenvalue weighted by Gasteiger charge is 2.20. The predicted molar refractivity (Wildman–Crippen MR) is 65.9 cm³/mol. The van der Waals surface area contributed by atoms with E-state index < -0.39 is 0 Å². The van der Waals surface area contributed by atoms with E-state index in [1.165, 1.54) is 24.0 Å². The Morgan fingerprint density at radius 2 is 2.19 bits per heavy atom. The molecule has 0 spiro atoms. The average Bonchev–Trinajstić information content (AvgIpc) is 2.96. The zero-order valence-corrected chi connectivity index (χ0v) is 9.77. The molecule has 0 bridgehead atoms. The molecular formula is C13H17N3. The quantitative estimate of drug-likeness (QED) is 0.852. The Kier molecular flexibility index (Phi) is 2.13. The molecule has 3 rings (SSSR count). The summed E-state index contributed by atoms with van der Waals surface area (Å²) >= 11 is 0. The molecule has 2 heterocycles. The minimum atomic E-state index is 0.457. The maximum absolute atomic E-state index is 4.47. The number of hydrogen-bond donors (Lipinski definition) is 1. The van der Waals surface area contributed by atoms with E-state index in [9.17, 15) is 0 Å². The van der Waals surface area contributed by atoms with Crippen LogP contribution in [0.5, 0.6) is 0 Å². The van der Waals surface area contributed by atoms with Crippen molar-refractivity contribution >= 4 is 11.2 Å². The number of rotatable bonds is 3. The first-order chi connectivity index (χ1) is 7.74. The predicted octanol–water partition coefficient (Wildman–Crippen LogP) is 3.03. The van der Waals surface area contributed by atoms with Gasteiger partial charge in [-0.25, -0.2) is 4.98 Å². The summed E-state index contributed by atoms with van der Waals surface area (Å²) in [6.45, 7) is 4.35. The van der Waals surface area contributed by atoms with E-state index >= 15 is 0 Å². The summed E-state index contributed by atoms with van der Waals surface area (Å²) in [7, 11) is 0. The molecule has 1 aliphatic carbocycles. The van der Waals surface area contributed by atoms with Gasteiger partial charge >= 0.3 is 0 Å². The third-order valence-corrected chi connectivity index (χ3v) is 3.02. The fourth-order valence-corrected chi connectivity index (χ4v) is 1.99. The number of pyridine rings is 1. The van der Waals surface area contributed by atoms with E-state index in [0.717, 1.165) is 5.82 Å². The average molecular weight is 215 g/mol. The number of imidazole rings is 1. The molecule has 0 aromatic carbocycles. The number of anilines is 1. The third-order valence-electron chi connectivity index (χ3n) is 3.02. The second-order valence-electron chi connectivity index (χ2n) is 4.90. The highest BCUT2D eigenvalue weighted by molar-refractivity contribution is 5.55. The molecule has 0 amide bonds. The SMILES string of the molecule is CC(C)c1ncc2ccc(NC3CC3)cn12. The molecule has 84 valence electrons. The van der Waals surface area contributed by atoms with Gasteiger partial charge in [-0.1, -0.05) is 13.8 Å². The van der Waals surface area contributed by atoms with Crippen LogP contribution in [0.1, 0.15) is 38.4 Å². The van der Waals surface area contributed by atoms with E-state index in [-0.39, 0.29) is 0 Å². The fourth-order valence-electron chi connectivity index (χ4n) is 1.99. The molecule has 1 N–H and O–H groups in total. The summed E-state index contributed by atoms with van der Waals surface area (Å²) in [6.07, 6.45) is 6.71. The Balaban J connectivity index is 2.02. The first-order valence-corrected chi connectivity index (χ1v) is 5.97. The molecule has 1 aliphatic rings. The second-order valence-corrected chi connectivity index (χ2v) is 4.90. The third kappa shape index (κ3) is 1.66. The standard InChI is InChI=1S/C13H17N3/c1-9(2)13-14-7-12-6-5-11(8-16(12)13)15-10-3-4-10/h5-10,15H,3-4H2,1-2H3. The van der Waals surface area contributed by atoms with Gasteiger partial charge in [-0.2, -0.15) is 0 Å². The van der Waals surface area contributed by atoms with Crippen LogP contribution in [0.2, 0.25) is 0 Å². The van der Waals surface area contributed by atoms with Crippen molar-refractivity contribution in [1.82, 2.24) is 9.38 Å². The van der Waals surface area contributed by atoms with E-state index in [4.69, 9.17) is 0 Å². The van der Waals surface area contributed by atoms with Crippen LogP contribution < -0.4 is 5.32 Å². The highest BCUT2D eigenvalue weighted by Crippen LogP contribution is 2.25. The Bertz CT molecular complexity index is 509. The van der Waals surface area contributed by atoms with Crippen molar-refractivity contribution in [2.45, 2.75) is 38.6 Å². The number of hydrogen-bond acceptors (Lipinski definition) is 2. The van der Waals surface area contributed by atoms with Gasteiger partial charge in [0.05, 0.1) is 17.4 Å². The van der Waals surface area contributed by atoms with Gasteiger partial charge in [0, 0.05) is 18.2 Å². The largest absolute Gasteiger partial charge is 0.381 e. The van der Waals surface area contributed by atoms with Crippen molar-refractivity contribution in [1.29, 1.82) is 0 Å². The zero-order chi connectivity index (χ0) is 11.1. The minimum absolute atomic E-state index is 0.457. The van der Waals surface area contributed by atoms with Gasteiger partial charge in [-0.3, -0.25) is 0 Å². The van der Waals surface area contributed by atoms with Gasteiger partial charge in [0.2, 0.25) is 0 Å². The van der Waals surface area contributed by atoms with Crippen LogP contribution in [0.3, 0.4) is 0 Å². The van der Waals surface area contributed by atoms with Gasteiger partial charge in [0.15, 0.2) is 0 Å². The first-order valence-electron chi connectivity index (χ1n) is 5.97. The van der Waals surface area contributed by atoms with Crippen LogP contribution in [-0.2, 0) is 0 Å². The van der Waals surface area contributed by atoms with Gasteiger partial charge in [0.25, 0.3) is 0 Å². The summed E-state index contributed by atoms with van der Waals surface area (Å²) in [6, 6.07) is 4.96. The van der Waals surface area contributed by atoms with Crippen LogP contribution in [0.4, 0.5) is 5.69 Å². The molecule has 3 nitrogen and oxygen atoms in total. The lowest BCUT2D eigenvalue weighted by Crippen LogP contribution is -2.03. The fraction of sp³-hybridized carbons (Fsp3) is 0.462. The van der Waals surface area contributed by atoms with E-state index in [2.05, 4.69) is 46.9 Å². The summed E-state index contributed by atoms with van der Waals surface area (Å²) < 4.78 is 2.19. The number of aromatic nitrogens is 2. The van der Waals surface area contributed by atoms with Crippen LogP contribution in [0.25, 0.3) is 5.52 Å². The lowest BCUT2D eigenvalue weighted by molar-refractivity contribution is 0.770. The number of nitrogens with one attached hydrogen (secondary N) is 1. The lowest BCUT2D eigenvalue weighted by Gasteiger charge is -2.08. The molecule has 0 radical (unpaired) electrons. The molecule has 0 atom stereocenters. The molecule has 0 saturated heterocycles. The van der Waals surface area contributed by atoms with Crippen molar-refractivity contribution in [2.75, 3.05) is 5.32 Å². The van der Waals surface area contributed by atoms with Gasteiger partial charge in [-0.05, 0) is 25.0 Å². The van der Waals surface area contributed by atoms with Crippen molar-refractivity contribution in [3.63, 3.8) is 0 Å². The highest BCUT2D eigenvalue weighted by atomic mass is 15.0. The molecule has 16 heavy (non-hydrogen) atoms. The van der Waals surface area contributed by atoms with Gasteiger partial charge in [0.1, 0.15) is 5.82 Å². The van der Waals surface area contributed by atoms with Crippen LogP contribution in [-0.4, -0.2) is 15.4 Å². The minimum Gasteiger partial charge on any atom is -0.381 e. The van der Waals surface area contributed by atoms with Crippen molar-refractivity contribution in [3.05, 3.63) is 30.4 Å². The second kappa shape index (κ2) is 3.51. The molecule has 0 unspecified atom stereocenters. The normalized spacial score (nSPS) is 15.9. The van der Waals surface area contributed by atoms with E-state index in [1.807, 2.05) is 6.20 Å². The Hall–Kier alpha value is -1.51. The van der Waals surface area contributed by atoms with Crippen LogP contribution in [0, 0.1) is 0 Å². The van der Waals surface area contributed by atoms with Crippen molar-refractivity contribution < 1.29 is 0 Å². The maximum Gasteiger partial charge on any atom is 0.115 e. The molecule has 1 fully saturated rings. The molecule has 2 aromatic rings. The summed E-state index contributed by atoms with van der Waals surface area (Å²) in [5.74, 6) is 1.59. The topological polar surface area (TPSA) is 29.3 Å². The van der Waals surface area contributed by atoms with E-state index in [0.29, 0.717) is 12.0 Å². The molecular weight excluding hydrogens is 198 g/mol. The number of fused-ring (bicyclic) bond motifs is 1. The molecule has 3 heteroatoms. The first kappa shape index (κ1) is 9.70. The monoisotopic (exact) mass is 215 g/mol. The molecule has 0 aliphatic heterocycles. The zero-order valence-electron chi connectivity index (χ0n) is 9.77. The smallest absolute Gasteiger partial charge is 0.115 e. The molecule has 2 aromatic heterocycles. The lowest BCUT2D eigenvalue weighted by atomic mass is 10.2.